The van der Waals surface area contributed by atoms with Gasteiger partial charge in [0, 0.05) is 31.4 Å². The first-order chi connectivity index (χ1) is 21.3. The molecule has 0 spiro atoms. The van der Waals surface area contributed by atoms with Crippen LogP contribution in [0.4, 0.5) is 11.4 Å². The fraction of sp³-hybridized carbons (Fsp3) is 0.229. The maximum Gasteiger partial charge on any atom is 0.337 e. The number of hydrogen-bond acceptors (Lipinski definition) is 6. The third-order valence-electron chi connectivity index (χ3n) is 7.52. The van der Waals surface area contributed by atoms with E-state index in [0.717, 1.165) is 37.1 Å². The molecule has 1 aliphatic rings. The van der Waals surface area contributed by atoms with E-state index < -0.39 is 11.9 Å². The summed E-state index contributed by atoms with van der Waals surface area (Å²) in [5.74, 6) is 0.339. The Kier molecular flexibility index (Phi) is 9.44. The van der Waals surface area contributed by atoms with Gasteiger partial charge in [-0.2, -0.15) is 0 Å². The highest BCUT2D eigenvalue weighted by molar-refractivity contribution is 6.07. The van der Waals surface area contributed by atoms with Gasteiger partial charge in [0.15, 0.2) is 0 Å². The van der Waals surface area contributed by atoms with Crippen molar-refractivity contribution >= 4 is 29.2 Å². The number of rotatable bonds is 10. The summed E-state index contributed by atoms with van der Waals surface area (Å²) in [5.41, 5.74) is 2.20. The highest BCUT2D eigenvalue weighted by Crippen LogP contribution is 2.28. The molecule has 0 radical (unpaired) electrons. The van der Waals surface area contributed by atoms with Gasteiger partial charge in [-0.15, -0.1) is 0 Å². The second-order valence-corrected chi connectivity index (χ2v) is 10.9. The molecule has 0 atom stereocenters. The number of carboxylic acids is 1. The van der Waals surface area contributed by atoms with Crippen molar-refractivity contribution in [1.29, 1.82) is 0 Å². The van der Waals surface area contributed by atoms with E-state index in [1.807, 2.05) is 67.5 Å². The van der Waals surface area contributed by atoms with Gasteiger partial charge in [0.2, 0.25) is 0 Å². The lowest BCUT2D eigenvalue weighted by atomic mass is 9.92. The van der Waals surface area contributed by atoms with Gasteiger partial charge in [-0.3, -0.25) is 9.59 Å². The van der Waals surface area contributed by atoms with Crippen molar-refractivity contribution in [3.63, 3.8) is 0 Å². The summed E-state index contributed by atoms with van der Waals surface area (Å²) in [5, 5.41) is 15.2. The van der Waals surface area contributed by atoms with Crippen LogP contribution in [0.2, 0.25) is 0 Å². The molecule has 0 unspecified atom stereocenters. The van der Waals surface area contributed by atoms with Crippen LogP contribution in [0.25, 0.3) is 0 Å². The molecule has 44 heavy (non-hydrogen) atoms. The van der Waals surface area contributed by atoms with Crippen molar-refractivity contribution in [3.8, 4) is 17.2 Å². The highest BCUT2D eigenvalue weighted by Gasteiger charge is 2.25. The van der Waals surface area contributed by atoms with Gasteiger partial charge in [-0.1, -0.05) is 24.3 Å². The number of benzene rings is 4. The average Bonchev–Trinajstić information content (AvgIpc) is 3.03. The monoisotopic (exact) mass is 593 g/mol. The Bertz CT molecular complexity index is 1610. The van der Waals surface area contributed by atoms with E-state index in [1.165, 1.54) is 6.07 Å². The lowest BCUT2D eigenvalue weighted by Gasteiger charge is -2.30. The zero-order valence-corrected chi connectivity index (χ0v) is 24.7. The largest absolute Gasteiger partial charge is 0.490 e. The summed E-state index contributed by atoms with van der Waals surface area (Å²) in [6, 6.07) is 27.9. The van der Waals surface area contributed by atoms with Crippen LogP contribution in [0.5, 0.6) is 17.2 Å². The van der Waals surface area contributed by atoms with E-state index in [-0.39, 0.29) is 29.3 Å². The predicted octanol–water partition coefficient (Wildman–Crippen LogP) is 6.62. The molecule has 0 saturated heterocycles. The van der Waals surface area contributed by atoms with Crippen molar-refractivity contribution in [3.05, 3.63) is 114 Å². The Balaban J connectivity index is 1.09. The SMILES string of the molecule is CN(C)c1ccccc1C(=O)NC1CCC(Oc2ccc(Oc3ccc(C(=O)Nc4ccccc4C(=O)O)cc3)cc2)CC1. The standard InChI is InChI=1S/C35H35N3O6/c1-38(2)32-10-6-4-8-30(32)34(40)36-24-13-17-26(18-14-24)44-28-21-19-27(20-22-28)43-25-15-11-23(12-16-25)33(39)37-31-9-5-3-7-29(31)35(41)42/h3-12,15-16,19-22,24,26H,13-14,17-18H2,1-2H3,(H,36,40)(H,37,39)(H,41,42). The number of amides is 2. The number of nitrogens with one attached hydrogen (secondary N) is 2. The zero-order chi connectivity index (χ0) is 31.1. The number of para-hydroxylation sites is 2. The smallest absolute Gasteiger partial charge is 0.337 e. The van der Waals surface area contributed by atoms with Crippen LogP contribution in [0.1, 0.15) is 56.8 Å². The number of carboxylic acid groups (broad SMARTS) is 1. The van der Waals surface area contributed by atoms with Gasteiger partial charge in [0.1, 0.15) is 17.2 Å². The predicted molar refractivity (Wildman–Crippen MR) is 169 cm³/mol. The second-order valence-electron chi connectivity index (χ2n) is 10.9. The van der Waals surface area contributed by atoms with Gasteiger partial charge in [0.05, 0.1) is 22.9 Å². The number of nitrogens with zero attached hydrogens (tertiary/aromatic N) is 1. The van der Waals surface area contributed by atoms with Gasteiger partial charge in [-0.25, -0.2) is 4.79 Å². The van der Waals surface area contributed by atoms with E-state index in [1.54, 1.807) is 42.5 Å². The van der Waals surface area contributed by atoms with Crippen LogP contribution in [0, 0.1) is 0 Å². The third-order valence-corrected chi connectivity index (χ3v) is 7.52. The van der Waals surface area contributed by atoms with E-state index in [9.17, 15) is 19.5 Å². The number of anilines is 2. The number of aromatic carboxylic acids is 1. The van der Waals surface area contributed by atoms with E-state index >= 15 is 0 Å². The Hall–Kier alpha value is -5.31. The molecule has 0 aromatic heterocycles. The summed E-state index contributed by atoms with van der Waals surface area (Å²) in [6.45, 7) is 0. The third kappa shape index (κ3) is 7.55. The molecule has 9 nitrogen and oxygen atoms in total. The van der Waals surface area contributed by atoms with Crippen LogP contribution in [-0.4, -0.2) is 49.1 Å². The van der Waals surface area contributed by atoms with E-state index in [0.29, 0.717) is 22.6 Å². The second kappa shape index (κ2) is 13.8. The van der Waals surface area contributed by atoms with Crippen LogP contribution >= 0.6 is 0 Å². The van der Waals surface area contributed by atoms with Crippen LogP contribution < -0.4 is 25.0 Å². The normalized spacial score (nSPS) is 16.0. The van der Waals surface area contributed by atoms with Crippen molar-refractivity contribution in [2.45, 2.75) is 37.8 Å². The van der Waals surface area contributed by atoms with E-state index in [2.05, 4.69) is 10.6 Å². The molecule has 3 N–H and O–H groups in total. The minimum atomic E-state index is -1.11. The lowest BCUT2D eigenvalue weighted by Crippen LogP contribution is -2.40. The van der Waals surface area contributed by atoms with Crippen molar-refractivity contribution in [2.24, 2.45) is 0 Å². The van der Waals surface area contributed by atoms with Crippen molar-refractivity contribution < 1.29 is 29.0 Å². The molecule has 4 aromatic rings. The number of hydrogen-bond donors (Lipinski definition) is 3. The Labute approximate surface area is 256 Å². The Morgan fingerprint density at radius 1 is 0.705 bits per heavy atom. The van der Waals surface area contributed by atoms with Crippen LogP contribution in [-0.2, 0) is 0 Å². The highest BCUT2D eigenvalue weighted by atomic mass is 16.5. The Morgan fingerprint density at radius 3 is 1.91 bits per heavy atom. The van der Waals surface area contributed by atoms with Crippen LogP contribution in [0.15, 0.2) is 97.1 Å². The minimum absolute atomic E-state index is 0.0204. The molecule has 9 heteroatoms. The molecule has 0 aliphatic heterocycles. The molecular weight excluding hydrogens is 558 g/mol. The molecular formula is C35H35N3O6. The molecule has 2 amide bonds. The van der Waals surface area contributed by atoms with Gasteiger partial charge in [-0.05, 0) is 98.5 Å². The number of carbonyl (C=O) groups is 3. The summed E-state index contributed by atoms with van der Waals surface area (Å²) in [6.07, 6.45) is 3.47. The molecule has 1 fully saturated rings. The van der Waals surface area contributed by atoms with Crippen LogP contribution in [0.3, 0.4) is 0 Å². The molecule has 1 aliphatic carbocycles. The molecule has 5 rings (SSSR count). The maximum atomic E-state index is 12.9. The molecule has 0 heterocycles. The summed E-state index contributed by atoms with van der Waals surface area (Å²) in [4.78, 5) is 38.9. The summed E-state index contributed by atoms with van der Waals surface area (Å²) in [7, 11) is 3.86. The molecule has 4 aromatic carbocycles. The minimum Gasteiger partial charge on any atom is -0.490 e. The number of ether oxygens (including phenoxy) is 2. The fourth-order valence-corrected chi connectivity index (χ4v) is 5.21. The zero-order valence-electron chi connectivity index (χ0n) is 24.7. The quantitative estimate of drug-likeness (QED) is 0.189. The first kappa shape index (κ1) is 30.2. The maximum absolute atomic E-state index is 12.9. The number of carbonyl (C=O) groups excluding carboxylic acids is 2. The van der Waals surface area contributed by atoms with Crippen molar-refractivity contribution in [2.75, 3.05) is 24.3 Å². The van der Waals surface area contributed by atoms with Gasteiger partial charge >= 0.3 is 5.97 Å². The van der Waals surface area contributed by atoms with Gasteiger partial charge in [0.25, 0.3) is 11.8 Å². The first-order valence-electron chi connectivity index (χ1n) is 14.5. The topological polar surface area (TPSA) is 117 Å². The first-order valence-corrected chi connectivity index (χ1v) is 14.5. The lowest BCUT2D eigenvalue weighted by molar-refractivity contribution is 0.0697. The van der Waals surface area contributed by atoms with Gasteiger partial charge < -0.3 is 30.1 Å². The fourth-order valence-electron chi connectivity index (χ4n) is 5.21. The summed E-state index contributed by atoms with van der Waals surface area (Å²) >= 11 is 0. The average molecular weight is 594 g/mol. The Morgan fingerprint density at radius 2 is 1.27 bits per heavy atom. The molecule has 226 valence electrons. The van der Waals surface area contributed by atoms with Crippen molar-refractivity contribution in [1.82, 2.24) is 5.32 Å². The molecule has 0 bridgehead atoms. The summed E-state index contributed by atoms with van der Waals surface area (Å²) < 4.78 is 12.1. The van der Waals surface area contributed by atoms with E-state index in [4.69, 9.17) is 9.47 Å². The molecule has 1 saturated carbocycles.